The summed E-state index contributed by atoms with van der Waals surface area (Å²) in [5.74, 6) is 4.63. The lowest BCUT2D eigenvalue weighted by Crippen LogP contribution is -1.70. The maximum atomic E-state index is 6.26. The molecule has 0 atom stereocenters. The fourth-order valence-corrected chi connectivity index (χ4v) is 1.21. The van der Waals surface area contributed by atoms with Crippen molar-refractivity contribution in [3.8, 4) is 0 Å². The number of hydrogen-bond acceptors (Lipinski definition) is 2. The van der Waals surface area contributed by atoms with Gasteiger partial charge in [0, 0.05) is 277 Å². The van der Waals surface area contributed by atoms with Crippen molar-refractivity contribution in [3.63, 3.8) is 0 Å². The predicted molar refractivity (Wildman–Crippen MR) is 174 cm³/mol. The van der Waals surface area contributed by atoms with Crippen LogP contribution in [-0.4, -0.2) is 0 Å². The van der Waals surface area contributed by atoms with Gasteiger partial charge >= 0.3 is 0 Å². The van der Waals surface area contributed by atoms with Crippen LogP contribution in [0.1, 0.15) is 0 Å². The number of rotatable bonds is 34. The predicted octanol–water partition coefficient (Wildman–Crippen LogP) is 12.4. The van der Waals surface area contributed by atoms with E-state index in [0.29, 0.717) is 0 Å². The molecule has 71 heteroatoms. The van der Waals surface area contributed by atoms with Crippen molar-refractivity contribution >= 4 is 0 Å². The molecule has 0 aromatic heterocycles. The molecule has 0 amide bonds. The average Bonchev–Trinajstić information content (AvgIpc) is 3.38. The second-order valence-electron chi connectivity index (χ2n) is 6.21. The lowest BCUT2D eigenvalue weighted by molar-refractivity contribution is 0.723. The molecule has 0 unspecified atom stereocenters. The quantitative estimate of drug-likeness (QED) is 0.0354. The van der Waals surface area contributed by atoms with Crippen LogP contribution in [0, 0.1) is 5.53 Å². The summed E-state index contributed by atoms with van der Waals surface area (Å²) in [4.78, 5) is 0. The maximum absolute atomic E-state index is 6.26. The van der Waals surface area contributed by atoms with Crippen molar-refractivity contribution in [1.29, 1.82) is 5.53 Å². The Morgan fingerprint density at radius 2 is 0.183 bits per heavy atom. The van der Waals surface area contributed by atoms with E-state index in [2.05, 4.69) is 366 Å². The average molecular weight is 998 g/mol. The van der Waals surface area contributed by atoms with Crippen LogP contribution in [0.4, 0.5) is 0 Å². The van der Waals surface area contributed by atoms with Crippen LogP contribution in [0.5, 0.6) is 0 Å². The Kier molecular flexibility index (Phi) is 44.6. The lowest BCUT2D eigenvalue weighted by Gasteiger charge is -1.70. The third-order valence-corrected chi connectivity index (χ3v) is 2.74. The van der Waals surface area contributed by atoms with E-state index in [9.17, 15) is 0 Å². The number of nitrogens with one attached hydrogen (secondary N) is 1. The SMILES string of the molecule is N=N/N=N/N=N/N=N/N=N/N=N/N=N/N=N/N=N/N=N/N=N/N=N/N=N/N=N/N=N/N=N/N=N/N=N/N=N/N=N/N=N/N=N/N=N/N=N/N=N/N=N/N=N/N=N/N=N/N=N/N=N/N=N/N=N/N=N/N=N/N. The minimum Gasteiger partial charge on any atom is -0.303 e. The van der Waals surface area contributed by atoms with Gasteiger partial charge in [0.05, 0.1) is 0 Å². The first kappa shape index (κ1) is 56.8. The summed E-state index contributed by atoms with van der Waals surface area (Å²) in [6.45, 7) is 0. The largest absolute Gasteiger partial charge is 0.303 e. The van der Waals surface area contributed by atoms with E-state index in [0.717, 1.165) is 0 Å². The van der Waals surface area contributed by atoms with Gasteiger partial charge in [-0.05, 0) is 78.3 Å². The van der Waals surface area contributed by atoms with E-state index in [1.807, 2.05) is 0 Å². The van der Waals surface area contributed by atoms with Gasteiger partial charge in [0.1, 0.15) is 0 Å². The van der Waals surface area contributed by atoms with E-state index < -0.39 is 0 Å². The van der Waals surface area contributed by atoms with Crippen LogP contribution < -0.4 is 5.84 Å². The molecule has 0 saturated heterocycles. The molecule has 0 radical (unpaired) electrons. The Balaban J connectivity index is 4.09. The van der Waals surface area contributed by atoms with Gasteiger partial charge in [-0.25, -0.2) is 0 Å². The second-order valence-corrected chi connectivity index (χ2v) is 6.21. The molecule has 0 aromatic rings. The normalized spacial score (nSPS) is 15.5. The third-order valence-electron chi connectivity index (χ3n) is 2.74. The van der Waals surface area contributed by atoms with E-state index in [-0.39, 0.29) is 0 Å². The van der Waals surface area contributed by atoms with Crippen molar-refractivity contribution < 1.29 is 0 Å². The molecule has 71 heavy (non-hydrogen) atoms. The monoisotopic (exact) mass is 997 g/mol. The fourth-order valence-electron chi connectivity index (χ4n) is 1.21. The zero-order valence-corrected chi connectivity index (χ0v) is 31.9. The molecule has 0 aromatic carbocycles. The highest BCUT2D eigenvalue weighted by Gasteiger charge is 1.77. The summed E-state index contributed by atoms with van der Waals surface area (Å²) in [6, 6.07) is 0. The summed E-state index contributed by atoms with van der Waals surface area (Å²) in [7, 11) is 0. The van der Waals surface area contributed by atoms with Gasteiger partial charge in [-0.15, -0.1) is 0 Å². The highest BCUT2D eigenvalue weighted by atomic mass is 15.8. The van der Waals surface area contributed by atoms with Crippen LogP contribution in [0.15, 0.2) is 360 Å². The summed E-state index contributed by atoms with van der Waals surface area (Å²) in [6.07, 6.45) is 0. The van der Waals surface area contributed by atoms with Crippen molar-refractivity contribution in [2.75, 3.05) is 0 Å². The Hall–Kier alpha value is -14.2. The van der Waals surface area contributed by atoms with Crippen LogP contribution in [0.3, 0.4) is 0 Å². The van der Waals surface area contributed by atoms with Gasteiger partial charge < -0.3 is 5.84 Å². The topological polar surface area (TPSA) is 903 Å². The number of hydrogen-bond donors (Lipinski definition) is 2. The third kappa shape index (κ3) is 55.8. The van der Waals surface area contributed by atoms with E-state index in [1.54, 1.807) is 0 Å². The summed E-state index contributed by atoms with van der Waals surface area (Å²) < 4.78 is 0. The minimum atomic E-state index is 2.50. The van der Waals surface area contributed by atoms with Crippen LogP contribution in [-0.2, 0) is 0 Å². The molecule has 71 nitrogen and oxygen atoms in total. The molecule has 0 bridgehead atoms. The standard InChI is InChI=1S/H3N71/c1-3-5-7-9-11-13-15-17-19-21-23-25-27-29-31-33-35-37-39-41-43-45-47-49-51-53-55-57-59-61-63-65-67-69-71-70-68-66-64-62-60-58-56-54-52-50-48-46-44-42-40-38-36-34-32-30-28-26-24-22-20-18-16-14-12-10-8-6-4-2/h(H3,1,2,5,6,9,10,13,14,17,18,21,22,25,26,29,30,33,34,37,38,41,42,45,46,49,50,53,54,57,58,61,62,65,66,69,70). The van der Waals surface area contributed by atoms with Gasteiger partial charge in [-0.1, -0.05) is 5.22 Å². The maximum Gasteiger partial charge on any atom is 0 e. The lowest BCUT2D eigenvalue weighted by atomic mass is 12.3. The molecule has 0 fully saturated rings. The first-order valence-electron chi connectivity index (χ1n) is 14.1. The molecular formula is H3N71. The van der Waals surface area contributed by atoms with Crippen LogP contribution in [0.25, 0.3) is 0 Å². The molecule has 0 aliphatic rings. The van der Waals surface area contributed by atoms with Gasteiger partial charge in [-0.2, -0.15) is 5.53 Å². The van der Waals surface area contributed by atoms with Crippen molar-refractivity contribution in [1.82, 2.24) is 0 Å². The van der Waals surface area contributed by atoms with E-state index in [1.165, 1.54) is 0 Å². The molecule has 0 aliphatic carbocycles. The van der Waals surface area contributed by atoms with Gasteiger partial charge in [0.15, 0.2) is 0 Å². The first-order chi connectivity index (χ1) is 35.4. The minimum absolute atomic E-state index is 2.50. The Morgan fingerprint density at radius 1 is 0.113 bits per heavy atom. The van der Waals surface area contributed by atoms with Crippen molar-refractivity contribution in [2.24, 2.45) is 366 Å². The summed E-state index contributed by atoms with van der Waals surface area (Å²) >= 11 is 0. The molecule has 358 valence electrons. The summed E-state index contributed by atoms with van der Waals surface area (Å²) in [5, 5.41) is 205. The number of nitrogens with zero attached hydrogens (tertiary/aromatic N) is 69. The van der Waals surface area contributed by atoms with Gasteiger partial charge in [0.2, 0.25) is 0 Å². The van der Waals surface area contributed by atoms with Crippen molar-refractivity contribution in [2.45, 2.75) is 0 Å². The molecular weight excluding hydrogens is 994 g/mol. The fraction of sp³-hybridized carbons (Fsp3) is 0. The van der Waals surface area contributed by atoms with E-state index in [4.69, 9.17) is 5.53 Å². The zero-order chi connectivity index (χ0) is 50.8. The molecule has 0 aliphatic heterocycles. The molecule has 3 N–H and O–H groups in total. The Labute approximate surface area is 372 Å². The van der Waals surface area contributed by atoms with Crippen LogP contribution >= 0.6 is 0 Å². The highest BCUT2D eigenvalue weighted by Crippen LogP contribution is 1.95. The zero-order valence-electron chi connectivity index (χ0n) is 31.9. The molecule has 0 heterocycles. The molecule has 0 rings (SSSR count). The Morgan fingerprint density at radius 3 is 0.254 bits per heavy atom. The highest BCUT2D eigenvalue weighted by molar-refractivity contribution is 4.20. The Bertz CT molecular complexity index is 2430. The van der Waals surface area contributed by atoms with Gasteiger partial charge in [-0.3, -0.25) is 0 Å². The van der Waals surface area contributed by atoms with Gasteiger partial charge in [0.25, 0.3) is 0 Å². The van der Waals surface area contributed by atoms with E-state index >= 15 is 0 Å². The second kappa shape index (κ2) is 55.8. The molecule has 0 saturated carbocycles. The smallest absolute Gasteiger partial charge is 0 e. The van der Waals surface area contributed by atoms with Crippen molar-refractivity contribution in [3.05, 3.63) is 0 Å². The summed E-state index contributed by atoms with van der Waals surface area (Å²) in [5.41, 5.74) is 6.26. The molecule has 0 spiro atoms. The van der Waals surface area contributed by atoms with Crippen LogP contribution in [0.2, 0.25) is 0 Å². The number of nitrogens with two attached hydrogens (primary N) is 1. The first-order valence-corrected chi connectivity index (χ1v) is 14.1.